The van der Waals surface area contributed by atoms with Crippen LogP contribution in [0.3, 0.4) is 0 Å². The highest BCUT2D eigenvalue weighted by molar-refractivity contribution is 4.78. The monoisotopic (exact) mass is 147 g/mol. The van der Waals surface area contributed by atoms with E-state index in [9.17, 15) is 4.39 Å². The highest BCUT2D eigenvalue weighted by Crippen LogP contribution is 2.14. The largest absolute Gasteiger partial charge is 0.377 e. The molecule has 2 nitrogen and oxygen atoms in total. The van der Waals surface area contributed by atoms with Gasteiger partial charge in [-0.25, -0.2) is 4.39 Å². The van der Waals surface area contributed by atoms with Gasteiger partial charge in [-0.15, -0.1) is 0 Å². The molecule has 60 valence electrons. The van der Waals surface area contributed by atoms with Gasteiger partial charge in [0.15, 0.2) is 0 Å². The fourth-order valence-corrected chi connectivity index (χ4v) is 1.26. The van der Waals surface area contributed by atoms with Crippen LogP contribution >= 0.6 is 0 Å². The number of rotatable bonds is 1. The van der Waals surface area contributed by atoms with Crippen LogP contribution < -0.4 is 0 Å². The van der Waals surface area contributed by atoms with E-state index in [-0.39, 0.29) is 6.10 Å². The van der Waals surface area contributed by atoms with Gasteiger partial charge in [-0.1, -0.05) is 0 Å². The fraction of sp³-hybridized carbons (Fsp3) is 1.00. The molecule has 0 radical (unpaired) electrons. The lowest BCUT2D eigenvalue weighted by Crippen LogP contribution is -2.43. The van der Waals surface area contributed by atoms with Gasteiger partial charge >= 0.3 is 0 Å². The quantitative estimate of drug-likeness (QED) is 0.540. The minimum atomic E-state index is -0.763. The van der Waals surface area contributed by atoms with Crippen LogP contribution in [-0.2, 0) is 4.74 Å². The van der Waals surface area contributed by atoms with Gasteiger partial charge in [0.1, 0.15) is 12.3 Å². The summed E-state index contributed by atoms with van der Waals surface area (Å²) in [6.45, 7) is 1.57. The number of hydrogen-bond acceptors (Lipinski definition) is 2. The van der Waals surface area contributed by atoms with E-state index in [0.29, 0.717) is 6.42 Å². The fourth-order valence-electron chi connectivity index (χ4n) is 1.26. The van der Waals surface area contributed by atoms with Crippen molar-refractivity contribution in [1.82, 2.24) is 4.90 Å². The second kappa shape index (κ2) is 3.30. The number of methoxy groups -OCH3 is 1. The Balaban J connectivity index is 2.38. The van der Waals surface area contributed by atoms with Crippen molar-refractivity contribution < 1.29 is 9.13 Å². The van der Waals surface area contributed by atoms with E-state index in [1.807, 2.05) is 7.05 Å². The van der Waals surface area contributed by atoms with Crippen LogP contribution in [0, 0.1) is 0 Å². The molecule has 3 heteroatoms. The maximum absolute atomic E-state index is 12.9. The number of likely N-dealkylation sites (N-methyl/N-ethyl adjacent to an activating group) is 1. The predicted molar refractivity (Wildman–Crippen MR) is 37.8 cm³/mol. The standard InChI is InChI=1S/C7H14FNO/c1-9-4-3-6(8)7(5-9)10-2/h6-7H,3-5H2,1-2H3/t6-,7-/m1/s1. The lowest BCUT2D eigenvalue weighted by molar-refractivity contribution is -0.0183. The Bertz CT molecular complexity index is 110. The van der Waals surface area contributed by atoms with Gasteiger partial charge in [-0.2, -0.15) is 0 Å². The van der Waals surface area contributed by atoms with E-state index in [4.69, 9.17) is 4.74 Å². The first-order valence-corrected chi connectivity index (χ1v) is 3.59. The Hall–Kier alpha value is -0.150. The first kappa shape index (κ1) is 7.95. The van der Waals surface area contributed by atoms with Gasteiger partial charge in [-0.05, 0) is 13.5 Å². The zero-order valence-electron chi connectivity index (χ0n) is 6.51. The normalized spacial score (nSPS) is 36.3. The van der Waals surface area contributed by atoms with Crippen molar-refractivity contribution in [3.8, 4) is 0 Å². The Kier molecular flexibility index (Phi) is 2.63. The molecule has 0 spiro atoms. The van der Waals surface area contributed by atoms with Gasteiger partial charge in [-0.3, -0.25) is 0 Å². The summed E-state index contributed by atoms with van der Waals surface area (Å²) < 4.78 is 17.8. The number of halogens is 1. The van der Waals surface area contributed by atoms with Crippen molar-refractivity contribution in [1.29, 1.82) is 0 Å². The zero-order chi connectivity index (χ0) is 7.56. The minimum Gasteiger partial charge on any atom is -0.377 e. The molecule has 0 saturated carbocycles. The Morgan fingerprint density at radius 1 is 1.60 bits per heavy atom. The van der Waals surface area contributed by atoms with Crippen LogP contribution in [0.25, 0.3) is 0 Å². The second-order valence-corrected chi connectivity index (χ2v) is 2.84. The summed E-state index contributed by atoms with van der Waals surface area (Å²) in [5, 5.41) is 0. The summed E-state index contributed by atoms with van der Waals surface area (Å²) in [5.74, 6) is 0. The number of piperidine rings is 1. The SMILES string of the molecule is CO[C@@H]1CN(C)CC[C@H]1F. The summed E-state index contributed by atoms with van der Waals surface area (Å²) in [5.41, 5.74) is 0. The number of alkyl halides is 1. The maximum atomic E-state index is 12.9. The third kappa shape index (κ3) is 1.67. The smallest absolute Gasteiger partial charge is 0.129 e. The molecular formula is C7H14FNO. The number of likely N-dealkylation sites (tertiary alicyclic amines) is 1. The van der Waals surface area contributed by atoms with Crippen LogP contribution in [0.5, 0.6) is 0 Å². The third-order valence-electron chi connectivity index (χ3n) is 1.98. The Morgan fingerprint density at radius 2 is 2.30 bits per heavy atom. The van der Waals surface area contributed by atoms with E-state index in [1.54, 1.807) is 7.11 Å². The molecule has 0 unspecified atom stereocenters. The summed E-state index contributed by atoms with van der Waals surface area (Å²) >= 11 is 0. The molecule has 0 aromatic heterocycles. The van der Waals surface area contributed by atoms with E-state index >= 15 is 0 Å². The van der Waals surface area contributed by atoms with Crippen LogP contribution in [0.2, 0.25) is 0 Å². The molecule has 2 atom stereocenters. The molecule has 1 saturated heterocycles. The molecule has 0 amide bonds. The molecule has 0 aromatic carbocycles. The minimum absolute atomic E-state index is 0.209. The molecule has 10 heavy (non-hydrogen) atoms. The van der Waals surface area contributed by atoms with Crippen molar-refractivity contribution in [3.05, 3.63) is 0 Å². The number of ether oxygens (including phenoxy) is 1. The first-order valence-electron chi connectivity index (χ1n) is 3.59. The molecule has 0 bridgehead atoms. The lowest BCUT2D eigenvalue weighted by atomic mass is 10.1. The molecule has 0 aliphatic carbocycles. The van der Waals surface area contributed by atoms with Crippen molar-refractivity contribution in [2.45, 2.75) is 18.7 Å². The zero-order valence-corrected chi connectivity index (χ0v) is 6.51. The molecule has 1 rings (SSSR count). The van der Waals surface area contributed by atoms with Gasteiger partial charge < -0.3 is 9.64 Å². The van der Waals surface area contributed by atoms with E-state index in [0.717, 1.165) is 13.1 Å². The number of nitrogens with zero attached hydrogens (tertiary/aromatic N) is 1. The molecular weight excluding hydrogens is 133 g/mol. The third-order valence-corrected chi connectivity index (χ3v) is 1.98. The van der Waals surface area contributed by atoms with Crippen LogP contribution in [0.15, 0.2) is 0 Å². The summed E-state index contributed by atoms with van der Waals surface area (Å²) in [6, 6.07) is 0. The molecule has 1 heterocycles. The topological polar surface area (TPSA) is 12.5 Å². The molecule has 0 aromatic rings. The van der Waals surface area contributed by atoms with Crippen molar-refractivity contribution >= 4 is 0 Å². The average Bonchev–Trinajstić information content (AvgIpc) is 1.94. The maximum Gasteiger partial charge on any atom is 0.129 e. The van der Waals surface area contributed by atoms with Gasteiger partial charge in [0.05, 0.1) is 0 Å². The predicted octanol–water partition coefficient (Wildman–Crippen LogP) is 0.675. The van der Waals surface area contributed by atoms with Crippen molar-refractivity contribution in [2.75, 3.05) is 27.2 Å². The van der Waals surface area contributed by atoms with Crippen LogP contribution in [0.1, 0.15) is 6.42 Å². The van der Waals surface area contributed by atoms with Gasteiger partial charge in [0, 0.05) is 20.2 Å². The Labute approximate surface area is 61.0 Å². The highest BCUT2D eigenvalue weighted by Gasteiger charge is 2.26. The number of hydrogen-bond donors (Lipinski definition) is 0. The van der Waals surface area contributed by atoms with E-state index in [1.165, 1.54) is 0 Å². The van der Waals surface area contributed by atoms with Gasteiger partial charge in [0.2, 0.25) is 0 Å². The molecule has 1 aliphatic heterocycles. The second-order valence-electron chi connectivity index (χ2n) is 2.84. The van der Waals surface area contributed by atoms with E-state index in [2.05, 4.69) is 4.90 Å². The first-order chi connectivity index (χ1) is 4.74. The van der Waals surface area contributed by atoms with Crippen molar-refractivity contribution in [3.63, 3.8) is 0 Å². The van der Waals surface area contributed by atoms with Gasteiger partial charge in [0.25, 0.3) is 0 Å². The van der Waals surface area contributed by atoms with Crippen LogP contribution in [0.4, 0.5) is 4.39 Å². The molecule has 0 N–H and O–H groups in total. The Morgan fingerprint density at radius 3 is 2.80 bits per heavy atom. The highest BCUT2D eigenvalue weighted by atomic mass is 19.1. The lowest BCUT2D eigenvalue weighted by Gasteiger charge is -2.31. The van der Waals surface area contributed by atoms with Crippen LogP contribution in [-0.4, -0.2) is 44.4 Å². The summed E-state index contributed by atoms with van der Waals surface area (Å²) in [7, 11) is 3.55. The van der Waals surface area contributed by atoms with Crippen molar-refractivity contribution in [2.24, 2.45) is 0 Å². The molecule has 1 fully saturated rings. The van der Waals surface area contributed by atoms with E-state index < -0.39 is 6.17 Å². The summed E-state index contributed by atoms with van der Waals surface area (Å²) in [6.07, 6.45) is -0.366. The molecule has 1 aliphatic rings. The summed E-state index contributed by atoms with van der Waals surface area (Å²) in [4.78, 5) is 2.09. The average molecular weight is 147 g/mol.